The maximum absolute atomic E-state index is 2.51. The Balaban J connectivity index is 1.24. The summed E-state index contributed by atoms with van der Waals surface area (Å²) in [5.74, 6) is 0. The van der Waals surface area contributed by atoms with Crippen molar-refractivity contribution in [2.45, 2.75) is 0 Å². The molecule has 11 aromatic rings. The zero-order valence-electron chi connectivity index (χ0n) is 30.7. The molecule has 262 valence electrons. The summed E-state index contributed by atoms with van der Waals surface area (Å²) >= 11 is 0. The second-order valence-corrected chi connectivity index (χ2v) is 14.6. The Bertz CT molecular complexity index is 3120. The number of hydrogen-bond acceptors (Lipinski definition) is 0. The normalized spacial score (nSPS) is 11.6. The van der Waals surface area contributed by atoms with Crippen molar-refractivity contribution in [3.05, 3.63) is 218 Å². The molecule has 0 saturated carbocycles. The second-order valence-electron chi connectivity index (χ2n) is 14.6. The van der Waals surface area contributed by atoms with Crippen molar-refractivity contribution >= 4 is 43.6 Å². The fourth-order valence-electron chi connectivity index (χ4n) is 8.71. The van der Waals surface area contributed by atoms with Gasteiger partial charge in [0.2, 0.25) is 0 Å². The predicted octanol–water partition coefficient (Wildman–Crippen LogP) is 14.5. The highest BCUT2D eigenvalue weighted by Gasteiger charge is 2.22. The van der Waals surface area contributed by atoms with E-state index < -0.39 is 0 Å². The van der Waals surface area contributed by atoms with Gasteiger partial charge >= 0.3 is 0 Å². The van der Waals surface area contributed by atoms with Crippen LogP contribution in [0.1, 0.15) is 0 Å². The molecule has 0 fully saturated rings. The molecule has 0 amide bonds. The Morgan fingerprint density at radius 2 is 0.571 bits per heavy atom. The van der Waals surface area contributed by atoms with Gasteiger partial charge in [0.25, 0.3) is 0 Å². The van der Waals surface area contributed by atoms with Crippen LogP contribution in [-0.4, -0.2) is 9.13 Å². The van der Waals surface area contributed by atoms with Crippen LogP contribution in [0.4, 0.5) is 0 Å². The SMILES string of the molecule is c1ccc(-c2cccc(-c3cc(-c4cccc(-c5ccccc5)c4)cc(-n4c5ccccc5c5ccc6c7ccccc7n(-c7ccccc7)c6c54)c3)c2)cc1. The molecule has 2 nitrogen and oxygen atoms in total. The summed E-state index contributed by atoms with van der Waals surface area (Å²) in [7, 11) is 0. The predicted molar refractivity (Wildman–Crippen MR) is 237 cm³/mol. The van der Waals surface area contributed by atoms with Crippen molar-refractivity contribution in [2.75, 3.05) is 0 Å². The van der Waals surface area contributed by atoms with Gasteiger partial charge in [-0.15, -0.1) is 0 Å². The van der Waals surface area contributed by atoms with E-state index in [4.69, 9.17) is 0 Å². The number of nitrogens with zero attached hydrogens (tertiary/aromatic N) is 2. The molecule has 2 heteroatoms. The van der Waals surface area contributed by atoms with Crippen LogP contribution in [0.3, 0.4) is 0 Å². The summed E-state index contributed by atoms with van der Waals surface area (Å²) in [6, 6.07) is 79.5. The van der Waals surface area contributed by atoms with Crippen molar-refractivity contribution in [2.24, 2.45) is 0 Å². The van der Waals surface area contributed by atoms with E-state index in [0.717, 1.165) is 11.4 Å². The first-order valence-electron chi connectivity index (χ1n) is 19.3. The lowest BCUT2D eigenvalue weighted by molar-refractivity contribution is 1.15. The van der Waals surface area contributed by atoms with Crippen molar-refractivity contribution in [3.8, 4) is 55.9 Å². The molecule has 0 aliphatic carbocycles. The molecule has 0 aliphatic heterocycles. The highest BCUT2D eigenvalue weighted by molar-refractivity contribution is 6.23. The molecular weight excluding hydrogens is 677 g/mol. The van der Waals surface area contributed by atoms with Crippen molar-refractivity contribution < 1.29 is 0 Å². The van der Waals surface area contributed by atoms with Gasteiger partial charge in [-0.25, -0.2) is 0 Å². The van der Waals surface area contributed by atoms with Gasteiger partial charge in [0.05, 0.1) is 22.1 Å². The lowest BCUT2D eigenvalue weighted by atomic mass is 9.94. The Morgan fingerprint density at radius 3 is 1.05 bits per heavy atom. The minimum absolute atomic E-state index is 1.12. The maximum atomic E-state index is 2.51. The van der Waals surface area contributed by atoms with Crippen LogP contribution < -0.4 is 0 Å². The van der Waals surface area contributed by atoms with E-state index in [-0.39, 0.29) is 0 Å². The molecule has 2 aromatic heterocycles. The molecule has 0 atom stereocenters. The zero-order chi connectivity index (χ0) is 37.0. The van der Waals surface area contributed by atoms with E-state index in [1.165, 1.54) is 88.1 Å². The van der Waals surface area contributed by atoms with Gasteiger partial charge in [0.1, 0.15) is 0 Å². The fourth-order valence-corrected chi connectivity index (χ4v) is 8.71. The van der Waals surface area contributed by atoms with Crippen molar-refractivity contribution in [3.63, 3.8) is 0 Å². The lowest BCUT2D eigenvalue weighted by Crippen LogP contribution is -1.99. The first-order valence-corrected chi connectivity index (χ1v) is 19.3. The highest BCUT2D eigenvalue weighted by atomic mass is 15.0. The number of fused-ring (bicyclic) bond motifs is 7. The maximum Gasteiger partial charge on any atom is 0.0788 e. The monoisotopic (exact) mass is 712 g/mol. The van der Waals surface area contributed by atoms with E-state index in [1.54, 1.807) is 0 Å². The molecule has 0 spiro atoms. The first-order chi connectivity index (χ1) is 27.8. The average molecular weight is 713 g/mol. The summed E-state index contributed by atoms with van der Waals surface area (Å²) < 4.78 is 4.97. The zero-order valence-corrected chi connectivity index (χ0v) is 30.7. The second kappa shape index (κ2) is 13.2. The average Bonchev–Trinajstić information content (AvgIpc) is 3.80. The number of rotatable bonds is 6. The summed E-state index contributed by atoms with van der Waals surface area (Å²) in [6.07, 6.45) is 0. The van der Waals surface area contributed by atoms with Crippen molar-refractivity contribution in [1.82, 2.24) is 9.13 Å². The molecule has 9 aromatic carbocycles. The van der Waals surface area contributed by atoms with Crippen LogP contribution in [0.15, 0.2) is 218 Å². The molecule has 0 aliphatic rings. The summed E-state index contributed by atoms with van der Waals surface area (Å²) in [5, 5.41) is 4.95. The number of aromatic nitrogens is 2. The summed E-state index contributed by atoms with van der Waals surface area (Å²) in [6.45, 7) is 0. The van der Waals surface area contributed by atoms with Crippen LogP contribution in [0.25, 0.3) is 99.5 Å². The summed E-state index contributed by atoms with van der Waals surface area (Å²) in [4.78, 5) is 0. The van der Waals surface area contributed by atoms with E-state index in [1.807, 2.05) is 0 Å². The van der Waals surface area contributed by atoms with E-state index in [2.05, 4.69) is 228 Å². The third kappa shape index (κ3) is 5.26. The molecule has 0 radical (unpaired) electrons. The molecule has 2 heterocycles. The Labute approximate surface area is 325 Å². The molecule has 0 unspecified atom stereocenters. The van der Waals surface area contributed by atoms with Gasteiger partial charge in [-0.3, -0.25) is 0 Å². The van der Waals surface area contributed by atoms with Gasteiger partial charge in [0, 0.05) is 32.9 Å². The van der Waals surface area contributed by atoms with Crippen LogP contribution in [0.5, 0.6) is 0 Å². The van der Waals surface area contributed by atoms with Crippen LogP contribution in [-0.2, 0) is 0 Å². The molecule has 0 bridgehead atoms. The molecule has 56 heavy (non-hydrogen) atoms. The molecular formula is C54H36N2. The van der Waals surface area contributed by atoms with Gasteiger partial charge < -0.3 is 9.13 Å². The Morgan fingerprint density at radius 1 is 0.214 bits per heavy atom. The van der Waals surface area contributed by atoms with Gasteiger partial charge in [-0.2, -0.15) is 0 Å². The third-order valence-corrected chi connectivity index (χ3v) is 11.3. The van der Waals surface area contributed by atoms with Crippen LogP contribution in [0.2, 0.25) is 0 Å². The smallest absolute Gasteiger partial charge is 0.0788 e. The van der Waals surface area contributed by atoms with E-state index in [0.29, 0.717) is 0 Å². The topological polar surface area (TPSA) is 9.86 Å². The van der Waals surface area contributed by atoms with Gasteiger partial charge in [-0.05, 0) is 99.1 Å². The molecule has 0 saturated heterocycles. The van der Waals surface area contributed by atoms with Gasteiger partial charge in [-0.1, -0.05) is 164 Å². The number of para-hydroxylation sites is 3. The number of hydrogen-bond donors (Lipinski definition) is 0. The minimum Gasteiger partial charge on any atom is -0.307 e. The minimum atomic E-state index is 1.12. The Hall–Kier alpha value is -7.42. The standard InChI is InChI=1S/C54H36N2/c1-4-16-37(17-5-1)39-20-14-22-41(32-39)43-34-44(42-23-15-21-40(33-42)38-18-6-2-7-19-38)36-46(35-43)56-52-29-13-11-27-48(52)50-31-30-49-47-26-10-12-28-51(47)55(53(49)54(50)56)45-24-8-3-9-25-45/h1-36H. The van der Waals surface area contributed by atoms with Crippen LogP contribution >= 0.6 is 0 Å². The lowest BCUT2D eigenvalue weighted by Gasteiger charge is -2.16. The Kier molecular flexibility index (Phi) is 7.53. The quantitative estimate of drug-likeness (QED) is 0.162. The molecule has 0 N–H and O–H groups in total. The van der Waals surface area contributed by atoms with Crippen molar-refractivity contribution in [1.29, 1.82) is 0 Å². The largest absolute Gasteiger partial charge is 0.307 e. The fraction of sp³-hybridized carbons (Fsp3) is 0. The third-order valence-electron chi connectivity index (χ3n) is 11.3. The van der Waals surface area contributed by atoms with Crippen LogP contribution in [0, 0.1) is 0 Å². The number of benzene rings is 9. The first kappa shape index (κ1) is 32.0. The molecule has 11 rings (SSSR count). The highest BCUT2D eigenvalue weighted by Crippen LogP contribution is 2.43. The van der Waals surface area contributed by atoms with Gasteiger partial charge in [0.15, 0.2) is 0 Å². The summed E-state index contributed by atoms with van der Waals surface area (Å²) in [5.41, 5.74) is 16.6. The van der Waals surface area contributed by atoms with E-state index >= 15 is 0 Å². The van der Waals surface area contributed by atoms with E-state index in [9.17, 15) is 0 Å².